The van der Waals surface area contributed by atoms with Gasteiger partial charge in [0.15, 0.2) is 0 Å². The van der Waals surface area contributed by atoms with Crippen molar-refractivity contribution in [1.29, 1.82) is 0 Å². The van der Waals surface area contributed by atoms with E-state index in [1.165, 1.54) is 78.2 Å². The maximum absolute atomic E-state index is 12.4. The highest BCUT2D eigenvalue weighted by atomic mass is 16.6. The van der Waals surface area contributed by atoms with Gasteiger partial charge in [-0.25, -0.2) is 4.79 Å². The predicted octanol–water partition coefficient (Wildman–Crippen LogP) is 3.14. The van der Waals surface area contributed by atoms with E-state index < -0.39 is 0 Å². The number of carbonyl (C=O) groups is 1. The van der Waals surface area contributed by atoms with Gasteiger partial charge in [-0.1, -0.05) is 36.8 Å². The number of amides is 1. The fourth-order valence-electron chi connectivity index (χ4n) is 5.14. The van der Waals surface area contributed by atoms with E-state index in [0.717, 1.165) is 31.5 Å². The van der Waals surface area contributed by atoms with Crippen LogP contribution in [0.1, 0.15) is 37.7 Å². The van der Waals surface area contributed by atoms with E-state index in [1.54, 1.807) is 0 Å². The van der Waals surface area contributed by atoms with E-state index in [4.69, 9.17) is 4.74 Å². The molecular weight excluding hydrogens is 388 g/mol. The van der Waals surface area contributed by atoms with Gasteiger partial charge in [0.1, 0.15) is 6.61 Å². The van der Waals surface area contributed by atoms with Crippen LogP contribution in [0.25, 0.3) is 0 Å². The largest absolute Gasteiger partial charge is 0.445 e. The second kappa shape index (κ2) is 11.8. The van der Waals surface area contributed by atoms with Crippen LogP contribution in [0.15, 0.2) is 30.3 Å². The van der Waals surface area contributed by atoms with E-state index in [9.17, 15) is 4.79 Å². The lowest BCUT2D eigenvalue weighted by molar-refractivity contribution is 0.0677. The van der Waals surface area contributed by atoms with E-state index in [1.807, 2.05) is 35.2 Å². The molecule has 31 heavy (non-hydrogen) atoms. The maximum Gasteiger partial charge on any atom is 0.410 e. The molecule has 1 aromatic carbocycles. The number of hydrogen-bond acceptors (Lipinski definition) is 5. The summed E-state index contributed by atoms with van der Waals surface area (Å²) >= 11 is 0. The molecule has 1 aromatic rings. The Bertz CT molecular complexity index is 649. The fourth-order valence-corrected chi connectivity index (χ4v) is 5.14. The first-order valence-electron chi connectivity index (χ1n) is 12.4. The number of piperidine rings is 2. The highest BCUT2D eigenvalue weighted by Gasteiger charge is 2.26. The molecule has 3 aliphatic heterocycles. The number of likely N-dealkylation sites (tertiary alicyclic amines) is 2. The monoisotopic (exact) mass is 428 g/mol. The SMILES string of the molecule is O=C(OCc1ccccc1)N1CCC(CN2CCN(CCN3CCCCC3)CC2)CC1. The van der Waals surface area contributed by atoms with Gasteiger partial charge in [-0.2, -0.15) is 0 Å². The summed E-state index contributed by atoms with van der Waals surface area (Å²) in [5.41, 5.74) is 1.04. The first kappa shape index (κ1) is 22.6. The van der Waals surface area contributed by atoms with Crippen molar-refractivity contribution in [1.82, 2.24) is 19.6 Å². The molecule has 3 fully saturated rings. The Morgan fingerprint density at radius 3 is 2.06 bits per heavy atom. The molecule has 3 saturated heterocycles. The number of ether oxygens (including phenoxy) is 1. The van der Waals surface area contributed by atoms with Crippen LogP contribution in [0.5, 0.6) is 0 Å². The standard InChI is InChI=1S/C25H40N4O2/c30-25(31-22-24-7-3-1-4-8-24)29-13-9-23(10-14-29)21-28-19-17-27(18-20-28)16-15-26-11-5-2-6-12-26/h1,3-4,7-8,23H,2,5-6,9-22H2. The summed E-state index contributed by atoms with van der Waals surface area (Å²) in [6, 6.07) is 9.91. The van der Waals surface area contributed by atoms with Crippen molar-refractivity contribution in [2.45, 2.75) is 38.7 Å². The minimum atomic E-state index is -0.162. The average molecular weight is 429 g/mol. The summed E-state index contributed by atoms with van der Waals surface area (Å²) in [7, 11) is 0. The molecule has 3 heterocycles. The summed E-state index contributed by atoms with van der Waals surface area (Å²) < 4.78 is 5.50. The topological polar surface area (TPSA) is 39.3 Å². The van der Waals surface area contributed by atoms with Crippen LogP contribution in [0, 0.1) is 5.92 Å². The molecule has 0 atom stereocenters. The molecule has 4 rings (SSSR count). The zero-order valence-corrected chi connectivity index (χ0v) is 19.1. The maximum atomic E-state index is 12.4. The Kier molecular flexibility index (Phi) is 8.62. The number of rotatable bonds is 7. The van der Waals surface area contributed by atoms with E-state index in [-0.39, 0.29) is 6.09 Å². The molecule has 0 spiro atoms. The van der Waals surface area contributed by atoms with Crippen LogP contribution in [0.3, 0.4) is 0 Å². The number of nitrogens with zero attached hydrogens (tertiary/aromatic N) is 4. The number of hydrogen-bond donors (Lipinski definition) is 0. The second-order valence-electron chi connectivity index (χ2n) is 9.52. The highest BCUT2D eigenvalue weighted by Crippen LogP contribution is 2.20. The van der Waals surface area contributed by atoms with Gasteiger partial charge in [0, 0.05) is 58.9 Å². The molecule has 0 N–H and O–H groups in total. The lowest BCUT2D eigenvalue weighted by Gasteiger charge is -2.39. The van der Waals surface area contributed by atoms with Crippen LogP contribution >= 0.6 is 0 Å². The van der Waals surface area contributed by atoms with Gasteiger partial charge >= 0.3 is 6.09 Å². The summed E-state index contributed by atoms with van der Waals surface area (Å²) in [5, 5.41) is 0. The summed E-state index contributed by atoms with van der Waals surface area (Å²) in [5.74, 6) is 0.707. The summed E-state index contributed by atoms with van der Waals surface area (Å²) in [4.78, 5) is 22.2. The zero-order chi connectivity index (χ0) is 21.3. The van der Waals surface area contributed by atoms with Gasteiger partial charge < -0.3 is 19.4 Å². The van der Waals surface area contributed by atoms with Crippen molar-refractivity contribution in [3.8, 4) is 0 Å². The van der Waals surface area contributed by atoms with E-state index in [0.29, 0.717) is 12.5 Å². The Labute approximate surface area is 188 Å². The van der Waals surface area contributed by atoms with Crippen molar-refractivity contribution in [3.05, 3.63) is 35.9 Å². The second-order valence-corrected chi connectivity index (χ2v) is 9.52. The molecule has 1 amide bonds. The molecular formula is C25H40N4O2. The number of piperazine rings is 1. The molecule has 3 aliphatic rings. The molecule has 6 nitrogen and oxygen atoms in total. The minimum Gasteiger partial charge on any atom is -0.445 e. The van der Waals surface area contributed by atoms with Crippen LogP contribution in [-0.4, -0.2) is 97.7 Å². The third-order valence-electron chi connectivity index (χ3n) is 7.24. The van der Waals surface area contributed by atoms with Crippen molar-refractivity contribution >= 4 is 6.09 Å². The third kappa shape index (κ3) is 7.19. The molecule has 0 bridgehead atoms. The van der Waals surface area contributed by atoms with Gasteiger partial charge in [0.25, 0.3) is 0 Å². The number of carbonyl (C=O) groups excluding carboxylic acids is 1. The number of benzene rings is 1. The van der Waals surface area contributed by atoms with Gasteiger partial charge in [0.2, 0.25) is 0 Å². The lowest BCUT2D eigenvalue weighted by atomic mass is 9.96. The summed E-state index contributed by atoms with van der Waals surface area (Å²) in [6.45, 7) is 13.1. The third-order valence-corrected chi connectivity index (χ3v) is 7.24. The minimum absolute atomic E-state index is 0.162. The predicted molar refractivity (Wildman–Crippen MR) is 124 cm³/mol. The fraction of sp³-hybridized carbons (Fsp3) is 0.720. The lowest BCUT2D eigenvalue weighted by Crippen LogP contribution is -2.50. The van der Waals surface area contributed by atoms with Crippen LogP contribution in [-0.2, 0) is 11.3 Å². The average Bonchev–Trinajstić information content (AvgIpc) is 2.84. The first-order valence-corrected chi connectivity index (χ1v) is 12.4. The van der Waals surface area contributed by atoms with Crippen LogP contribution < -0.4 is 0 Å². The molecule has 0 radical (unpaired) electrons. The Balaban J connectivity index is 1.08. The van der Waals surface area contributed by atoms with Gasteiger partial charge in [-0.15, -0.1) is 0 Å². The van der Waals surface area contributed by atoms with Gasteiger partial charge in [-0.05, 0) is 50.3 Å². The smallest absolute Gasteiger partial charge is 0.410 e. The Morgan fingerprint density at radius 2 is 1.39 bits per heavy atom. The molecule has 0 aromatic heterocycles. The summed E-state index contributed by atoms with van der Waals surface area (Å²) in [6.07, 6.45) is 6.22. The Hall–Kier alpha value is -1.63. The molecule has 6 heteroatoms. The van der Waals surface area contributed by atoms with E-state index >= 15 is 0 Å². The van der Waals surface area contributed by atoms with Crippen LogP contribution in [0.2, 0.25) is 0 Å². The van der Waals surface area contributed by atoms with Crippen LogP contribution in [0.4, 0.5) is 4.79 Å². The molecule has 0 aliphatic carbocycles. The molecule has 0 unspecified atom stereocenters. The van der Waals surface area contributed by atoms with Gasteiger partial charge in [0.05, 0.1) is 0 Å². The van der Waals surface area contributed by atoms with Crippen molar-refractivity contribution in [2.75, 3.05) is 72.0 Å². The van der Waals surface area contributed by atoms with E-state index in [2.05, 4.69) is 14.7 Å². The van der Waals surface area contributed by atoms with Crippen molar-refractivity contribution in [2.24, 2.45) is 5.92 Å². The molecule has 0 saturated carbocycles. The zero-order valence-electron chi connectivity index (χ0n) is 19.1. The molecule has 172 valence electrons. The normalized spacial score (nSPS) is 22.5. The van der Waals surface area contributed by atoms with Crippen molar-refractivity contribution in [3.63, 3.8) is 0 Å². The highest BCUT2D eigenvalue weighted by molar-refractivity contribution is 5.67. The van der Waals surface area contributed by atoms with Crippen molar-refractivity contribution < 1.29 is 9.53 Å². The van der Waals surface area contributed by atoms with Gasteiger partial charge in [-0.3, -0.25) is 4.90 Å². The quantitative estimate of drug-likeness (QED) is 0.667. The first-order chi connectivity index (χ1) is 15.3. The Morgan fingerprint density at radius 1 is 0.774 bits per heavy atom.